The molecule has 1 N–H and O–H groups in total. The van der Waals surface area contributed by atoms with E-state index < -0.39 is 0 Å². The van der Waals surface area contributed by atoms with Crippen LogP contribution in [0, 0.1) is 0 Å². The average molecular weight is 405 g/mol. The average Bonchev–Trinajstić information content (AvgIpc) is 2.63. The zero-order valence-corrected chi connectivity index (χ0v) is 20.1. The van der Waals surface area contributed by atoms with Gasteiger partial charge in [0.2, 0.25) is 0 Å². The van der Waals surface area contributed by atoms with Crippen molar-refractivity contribution in [2.75, 3.05) is 12.4 Å². The Morgan fingerprint density at radius 1 is 0.643 bits per heavy atom. The molecule has 0 aliphatic heterocycles. The first-order valence-electron chi connectivity index (χ1n) is 10.8. The summed E-state index contributed by atoms with van der Waals surface area (Å²) in [6.45, 7) is 13.5. The van der Waals surface area contributed by atoms with E-state index in [0.29, 0.717) is 0 Å². The summed E-state index contributed by atoms with van der Waals surface area (Å²) in [5, 5.41) is 11.1. The molecule has 0 fully saturated rings. The normalized spacial score (nSPS) is 13.8. The van der Waals surface area contributed by atoms with Gasteiger partial charge in [0.05, 0.1) is 0 Å². The van der Waals surface area contributed by atoms with E-state index in [1.54, 1.807) is 0 Å². The molecule has 28 heavy (non-hydrogen) atoms. The Bertz CT molecular complexity index is 557. The van der Waals surface area contributed by atoms with Gasteiger partial charge in [-0.2, -0.15) is 0 Å². The number of hydrogen-bond acceptors (Lipinski definition) is 2. The van der Waals surface area contributed by atoms with Crippen LogP contribution in [0.15, 0.2) is 57.6 Å². The van der Waals surface area contributed by atoms with Gasteiger partial charge in [0.25, 0.3) is 0 Å². The molecule has 0 spiro atoms. The van der Waals surface area contributed by atoms with Crippen molar-refractivity contribution >= 4 is 11.8 Å². The summed E-state index contributed by atoms with van der Waals surface area (Å²) < 4.78 is 0. The number of aliphatic hydroxyl groups is 1. The first-order chi connectivity index (χ1) is 13.3. The van der Waals surface area contributed by atoms with Crippen molar-refractivity contribution in [3.05, 3.63) is 57.6 Å². The van der Waals surface area contributed by atoms with E-state index >= 15 is 0 Å². The van der Waals surface area contributed by atoms with Crippen LogP contribution in [0.3, 0.4) is 0 Å². The lowest BCUT2D eigenvalue weighted by Gasteiger charge is -2.02. The summed E-state index contributed by atoms with van der Waals surface area (Å²) in [5.41, 5.74) is 7.26. The first kappa shape index (κ1) is 27.0. The molecule has 0 aromatic heterocycles. The van der Waals surface area contributed by atoms with Crippen molar-refractivity contribution < 1.29 is 5.11 Å². The van der Waals surface area contributed by atoms with Crippen LogP contribution in [-0.4, -0.2) is 17.5 Å². The molecule has 0 saturated carbocycles. The van der Waals surface area contributed by atoms with Crippen LogP contribution < -0.4 is 0 Å². The van der Waals surface area contributed by atoms with Crippen LogP contribution >= 0.6 is 11.8 Å². The van der Waals surface area contributed by atoms with Gasteiger partial charge in [0.1, 0.15) is 0 Å². The smallest absolute Gasteiger partial charge is 0.0434 e. The largest absolute Gasteiger partial charge is 0.396 e. The molecular formula is C26H44OS. The summed E-state index contributed by atoms with van der Waals surface area (Å²) in [4.78, 5) is 0. The molecule has 0 atom stereocenters. The Labute approximate surface area is 179 Å². The van der Waals surface area contributed by atoms with Crippen LogP contribution in [0.25, 0.3) is 0 Å². The third-order valence-electron chi connectivity index (χ3n) is 4.60. The highest BCUT2D eigenvalue weighted by Gasteiger charge is 1.94. The Balaban J connectivity index is 4.00. The van der Waals surface area contributed by atoms with E-state index in [1.165, 1.54) is 47.1 Å². The summed E-state index contributed by atoms with van der Waals surface area (Å²) in [5.74, 6) is 1.07. The van der Waals surface area contributed by atoms with E-state index in [-0.39, 0.29) is 6.61 Å². The van der Waals surface area contributed by atoms with Crippen LogP contribution in [0.1, 0.15) is 92.9 Å². The molecule has 0 amide bonds. The molecule has 2 heteroatoms. The van der Waals surface area contributed by atoms with E-state index in [0.717, 1.165) is 37.9 Å². The molecule has 160 valence electrons. The topological polar surface area (TPSA) is 20.2 Å². The van der Waals surface area contributed by atoms with E-state index in [2.05, 4.69) is 71.3 Å². The first-order valence-corrected chi connectivity index (χ1v) is 11.9. The van der Waals surface area contributed by atoms with Crippen LogP contribution in [0.5, 0.6) is 0 Å². The third kappa shape index (κ3) is 18.4. The van der Waals surface area contributed by atoms with Gasteiger partial charge < -0.3 is 5.11 Å². The molecule has 1 nitrogen and oxygen atoms in total. The van der Waals surface area contributed by atoms with Crippen LogP contribution in [0.2, 0.25) is 0 Å². The standard InChI is InChI=1S/C26H44OS/c1-22(2)12-9-15-24(4)17-10-16-23(3)13-7-8-14-25(5)20-28-21-26(6)18-11-19-27/h12-14,17,21,27H,7-11,15-16,18-20H2,1-6H3/b23-13+,24-17+,25-14+,26-21+. The lowest BCUT2D eigenvalue weighted by atomic mass is 10.1. The highest BCUT2D eigenvalue weighted by atomic mass is 32.2. The highest BCUT2D eigenvalue weighted by Crippen LogP contribution is 2.16. The molecular weight excluding hydrogens is 360 g/mol. The number of unbranched alkanes of at least 4 members (excludes halogenated alkanes) is 1. The predicted octanol–water partition coefficient (Wildman–Crippen LogP) is 8.54. The van der Waals surface area contributed by atoms with Gasteiger partial charge in [0.15, 0.2) is 0 Å². The molecule has 0 unspecified atom stereocenters. The minimum Gasteiger partial charge on any atom is -0.396 e. The number of aliphatic hydroxyl groups excluding tert-OH is 1. The minimum atomic E-state index is 0.286. The number of thioether (sulfide) groups is 1. The van der Waals surface area contributed by atoms with E-state index in [4.69, 9.17) is 5.11 Å². The molecule has 0 aromatic rings. The molecule has 0 aliphatic rings. The molecule has 0 aromatic carbocycles. The second kappa shape index (κ2) is 18.1. The van der Waals surface area contributed by atoms with Gasteiger partial charge in [-0.1, -0.05) is 52.2 Å². The van der Waals surface area contributed by atoms with Crippen LogP contribution in [0.4, 0.5) is 0 Å². The fraction of sp³-hybridized carbons (Fsp3) is 0.615. The second-order valence-corrected chi connectivity index (χ2v) is 9.05. The summed E-state index contributed by atoms with van der Waals surface area (Å²) in [6.07, 6.45) is 18.4. The maximum atomic E-state index is 8.86. The maximum Gasteiger partial charge on any atom is 0.0434 e. The van der Waals surface area contributed by atoms with Crippen molar-refractivity contribution in [1.82, 2.24) is 0 Å². The molecule has 0 bridgehead atoms. The molecule has 0 aliphatic carbocycles. The third-order valence-corrected chi connectivity index (χ3v) is 5.79. The monoisotopic (exact) mass is 404 g/mol. The number of hydrogen-bond donors (Lipinski definition) is 1. The van der Waals surface area contributed by atoms with Crippen molar-refractivity contribution in [1.29, 1.82) is 0 Å². The van der Waals surface area contributed by atoms with Gasteiger partial charge in [-0.25, -0.2) is 0 Å². The Kier molecular flexibility index (Phi) is 17.4. The van der Waals surface area contributed by atoms with E-state index in [9.17, 15) is 0 Å². The number of rotatable bonds is 15. The van der Waals surface area contributed by atoms with Gasteiger partial charge in [-0.15, -0.1) is 11.8 Å². The minimum absolute atomic E-state index is 0.286. The Morgan fingerprint density at radius 2 is 1.18 bits per heavy atom. The van der Waals surface area contributed by atoms with Crippen molar-refractivity contribution in [3.8, 4) is 0 Å². The van der Waals surface area contributed by atoms with Crippen LogP contribution in [-0.2, 0) is 0 Å². The van der Waals surface area contributed by atoms with Gasteiger partial charge in [-0.3, -0.25) is 0 Å². The fourth-order valence-corrected chi connectivity index (χ4v) is 3.66. The van der Waals surface area contributed by atoms with Crippen molar-refractivity contribution in [3.63, 3.8) is 0 Å². The molecule has 0 rings (SSSR count). The SMILES string of the molecule is CC(C)=CCC/C(C)=C/CC/C(C)=C/CC/C=C(\C)CS/C=C(\C)CCCO. The second-order valence-electron chi connectivity index (χ2n) is 8.19. The van der Waals surface area contributed by atoms with Gasteiger partial charge in [-0.05, 0) is 98.3 Å². The van der Waals surface area contributed by atoms with Crippen molar-refractivity contribution in [2.45, 2.75) is 92.9 Å². The van der Waals surface area contributed by atoms with Gasteiger partial charge >= 0.3 is 0 Å². The van der Waals surface area contributed by atoms with Gasteiger partial charge in [0, 0.05) is 12.4 Å². The highest BCUT2D eigenvalue weighted by molar-refractivity contribution is 8.02. The zero-order valence-electron chi connectivity index (χ0n) is 19.3. The van der Waals surface area contributed by atoms with E-state index in [1.807, 2.05) is 11.8 Å². The summed E-state index contributed by atoms with van der Waals surface area (Å²) in [7, 11) is 0. The zero-order chi connectivity index (χ0) is 21.2. The molecule has 0 saturated heterocycles. The molecule has 0 radical (unpaired) electrons. The Morgan fingerprint density at radius 3 is 1.75 bits per heavy atom. The fourth-order valence-electron chi connectivity index (χ4n) is 2.79. The summed E-state index contributed by atoms with van der Waals surface area (Å²) in [6, 6.07) is 0. The lowest BCUT2D eigenvalue weighted by molar-refractivity contribution is 0.288. The maximum absolute atomic E-state index is 8.86. The number of allylic oxidation sites excluding steroid dienone is 8. The quantitative estimate of drug-likeness (QED) is 0.218. The molecule has 0 heterocycles. The Hall–Kier alpha value is -0.990. The predicted molar refractivity (Wildman–Crippen MR) is 131 cm³/mol. The summed E-state index contributed by atoms with van der Waals surface area (Å²) >= 11 is 1.87. The van der Waals surface area contributed by atoms with Crippen molar-refractivity contribution in [2.24, 2.45) is 0 Å². The lowest BCUT2D eigenvalue weighted by Crippen LogP contribution is -1.84.